The van der Waals surface area contributed by atoms with Crippen molar-refractivity contribution in [2.24, 2.45) is 0 Å². The zero-order valence-electron chi connectivity index (χ0n) is 17.2. The Morgan fingerprint density at radius 3 is 1.61 bits per heavy atom. The molecule has 3 aromatic carbocycles. The maximum absolute atomic E-state index is 14.2. The summed E-state index contributed by atoms with van der Waals surface area (Å²) in [5, 5.41) is 0. The molecule has 4 rings (SSSR count). The molecule has 0 N–H and O–H groups in total. The lowest BCUT2D eigenvalue weighted by molar-refractivity contribution is -0.113. The molecular weight excluding hydrogens is 451 g/mol. The molecule has 0 aliphatic carbocycles. The summed E-state index contributed by atoms with van der Waals surface area (Å²) >= 11 is 0. The number of carbonyl (C=O) groups is 1. The number of rotatable bonds is 4. The number of Topliss-reactive ketones (excluding diaryl/α,β-unsaturated/α-hetero) is 1. The fourth-order valence-corrected chi connectivity index (χ4v) is 4.89. The summed E-state index contributed by atoms with van der Waals surface area (Å²) in [5.41, 5.74) is 0.290. The van der Waals surface area contributed by atoms with Crippen LogP contribution in [0.25, 0.3) is 12.2 Å². The standard InChI is InChI=1S/C25H18F3NO3S/c26-21-9-11-22(12-10-21)33(31,32)29-15-19(13-17-5-1-3-7-23(17)27)25(30)20(16-29)14-18-6-2-4-8-24(18)28/h1-14H,15-16H2/b19-13+,20-14+. The van der Waals surface area contributed by atoms with Crippen molar-refractivity contribution in [3.8, 4) is 0 Å². The van der Waals surface area contributed by atoms with Crippen LogP contribution < -0.4 is 0 Å². The zero-order chi connectivity index (χ0) is 23.6. The molecule has 0 unspecified atom stereocenters. The topological polar surface area (TPSA) is 54.5 Å². The Bertz CT molecular complexity index is 1310. The van der Waals surface area contributed by atoms with Crippen LogP contribution in [0.5, 0.6) is 0 Å². The smallest absolute Gasteiger partial charge is 0.243 e. The van der Waals surface area contributed by atoms with Crippen molar-refractivity contribution in [2.45, 2.75) is 4.90 Å². The molecule has 1 aliphatic heterocycles. The van der Waals surface area contributed by atoms with E-state index in [1.54, 1.807) is 12.1 Å². The van der Waals surface area contributed by atoms with Gasteiger partial charge in [-0.2, -0.15) is 4.31 Å². The number of piperidine rings is 1. The van der Waals surface area contributed by atoms with Crippen LogP contribution in [0, 0.1) is 17.5 Å². The number of hydrogen-bond acceptors (Lipinski definition) is 3. The first-order valence-electron chi connectivity index (χ1n) is 9.96. The normalized spacial score (nSPS) is 17.6. The van der Waals surface area contributed by atoms with Crippen LogP contribution in [-0.2, 0) is 14.8 Å². The second kappa shape index (κ2) is 9.17. The highest BCUT2D eigenvalue weighted by Gasteiger charge is 2.34. The van der Waals surface area contributed by atoms with Gasteiger partial charge in [0.25, 0.3) is 0 Å². The number of carbonyl (C=O) groups excluding carboxylic acids is 1. The highest BCUT2D eigenvalue weighted by Crippen LogP contribution is 2.28. The lowest BCUT2D eigenvalue weighted by atomic mass is 9.95. The van der Waals surface area contributed by atoms with E-state index in [1.807, 2.05) is 0 Å². The first kappa shape index (κ1) is 22.7. The summed E-state index contributed by atoms with van der Waals surface area (Å²) in [6.07, 6.45) is 2.58. The van der Waals surface area contributed by atoms with Crippen molar-refractivity contribution in [1.82, 2.24) is 4.31 Å². The minimum absolute atomic E-state index is 0.0274. The average Bonchev–Trinajstić information content (AvgIpc) is 2.79. The van der Waals surface area contributed by atoms with Crippen LogP contribution in [0.1, 0.15) is 11.1 Å². The lowest BCUT2D eigenvalue weighted by Crippen LogP contribution is -2.41. The SMILES string of the molecule is O=C1/C(=C/c2ccccc2F)CN(S(=O)(=O)c2ccc(F)cc2)C/C1=C\c1ccccc1F. The second-order valence-electron chi connectivity index (χ2n) is 7.44. The third-order valence-electron chi connectivity index (χ3n) is 5.20. The van der Waals surface area contributed by atoms with Gasteiger partial charge in [0.05, 0.1) is 4.90 Å². The molecule has 1 heterocycles. The van der Waals surface area contributed by atoms with Crippen molar-refractivity contribution in [3.05, 3.63) is 113 Å². The Kier molecular flexibility index (Phi) is 6.31. The van der Waals surface area contributed by atoms with Crippen molar-refractivity contribution in [1.29, 1.82) is 0 Å². The Hall–Kier alpha value is -3.49. The largest absolute Gasteiger partial charge is 0.289 e. The summed E-state index contributed by atoms with van der Waals surface area (Å²) in [6, 6.07) is 15.8. The molecule has 0 spiro atoms. The van der Waals surface area contributed by atoms with Gasteiger partial charge in [-0.3, -0.25) is 4.79 Å². The number of benzene rings is 3. The quantitative estimate of drug-likeness (QED) is 0.514. The molecule has 0 bridgehead atoms. The number of sulfonamides is 1. The fourth-order valence-electron chi connectivity index (χ4n) is 3.49. The molecule has 8 heteroatoms. The van der Waals surface area contributed by atoms with E-state index in [-0.39, 0.29) is 40.3 Å². The van der Waals surface area contributed by atoms with Crippen LogP contribution in [0.15, 0.2) is 88.8 Å². The van der Waals surface area contributed by atoms with E-state index in [1.165, 1.54) is 48.6 Å². The van der Waals surface area contributed by atoms with Crippen molar-refractivity contribution in [3.63, 3.8) is 0 Å². The van der Waals surface area contributed by atoms with Gasteiger partial charge in [-0.1, -0.05) is 36.4 Å². The molecule has 4 nitrogen and oxygen atoms in total. The summed E-state index contributed by atoms with van der Waals surface area (Å²) in [6.45, 7) is -0.636. The summed E-state index contributed by atoms with van der Waals surface area (Å²) in [4.78, 5) is 13.0. The van der Waals surface area contributed by atoms with Gasteiger partial charge >= 0.3 is 0 Å². The van der Waals surface area contributed by atoms with Gasteiger partial charge in [-0.25, -0.2) is 21.6 Å². The summed E-state index contributed by atoms with van der Waals surface area (Å²) in [7, 11) is -4.13. The molecule has 168 valence electrons. The predicted molar refractivity (Wildman–Crippen MR) is 119 cm³/mol. The van der Waals surface area contributed by atoms with Gasteiger partial charge in [0, 0.05) is 35.4 Å². The molecule has 0 atom stereocenters. The van der Waals surface area contributed by atoms with Gasteiger partial charge in [0.2, 0.25) is 10.0 Å². The Morgan fingerprint density at radius 2 is 1.15 bits per heavy atom. The maximum atomic E-state index is 14.2. The monoisotopic (exact) mass is 469 g/mol. The molecule has 0 amide bonds. The van der Waals surface area contributed by atoms with E-state index >= 15 is 0 Å². The molecule has 3 aromatic rings. The minimum Gasteiger partial charge on any atom is -0.289 e. The van der Waals surface area contributed by atoms with Crippen LogP contribution in [-0.4, -0.2) is 31.6 Å². The molecule has 0 radical (unpaired) electrons. The first-order valence-corrected chi connectivity index (χ1v) is 11.4. The van der Waals surface area contributed by atoms with Gasteiger partial charge < -0.3 is 0 Å². The van der Waals surface area contributed by atoms with Crippen LogP contribution in [0.2, 0.25) is 0 Å². The van der Waals surface area contributed by atoms with E-state index < -0.39 is 33.3 Å². The molecule has 33 heavy (non-hydrogen) atoms. The van der Waals surface area contributed by atoms with Crippen LogP contribution in [0.3, 0.4) is 0 Å². The third-order valence-corrected chi connectivity index (χ3v) is 7.00. The number of ketones is 1. The van der Waals surface area contributed by atoms with Gasteiger partial charge in [-0.05, 0) is 48.6 Å². The molecule has 1 aliphatic rings. The first-order chi connectivity index (χ1) is 15.8. The Morgan fingerprint density at radius 1 is 0.697 bits per heavy atom. The third kappa shape index (κ3) is 4.81. The maximum Gasteiger partial charge on any atom is 0.243 e. The van der Waals surface area contributed by atoms with E-state index in [0.717, 1.165) is 28.6 Å². The molecule has 1 saturated heterocycles. The van der Waals surface area contributed by atoms with Crippen LogP contribution in [0.4, 0.5) is 13.2 Å². The summed E-state index contributed by atoms with van der Waals surface area (Å²) < 4.78 is 69.2. The van der Waals surface area contributed by atoms with Crippen molar-refractivity contribution in [2.75, 3.05) is 13.1 Å². The Labute approximate surface area is 189 Å². The van der Waals surface area contributed by atoms with E-state index in [4.69, 9.17) is 0 Å². The fraction of sp³-hybridized carbons (Fsp3) is 0.0800. The lowest BCUT2D eigenvalue weighted by Gasteiger charge is -2.29. The highest BCUT2D eigenvalue weighted by molar-refractivity contribution is 7.89. The van der Waals surface area contributed by atoms with Crippen molar-refractivity contribution < 1.29 is 26.4 Å². The zero-order valence-corrected chi connectivity index (χ0v) is 18.0. The van der Waals surface area contributed by atoms with E-state index in [9.17, 15) is 26.4 Å². The predicted octanol–water partition coefficient (Wildman–Crippen LogP) is 4.84. The summed E-state index contributed by atoms with van der Waals surface area (Å²) in [5.74, 6) is -2.25. The van der Waals surface area contributed by atoms with E-state index in [0.29, 0.717) is 0 Å². The second-order valence-corrected chi connectivity index (χ2v) is 9.38. The molecule has 0 aromatic heterocycles. The van der Waals surface area contributed by atoms with Crippen molar-refractivity contribution >= 4 is 28.0 Å². The number of halogens is 3. The highest BCUT2D eigenvalue weighted by atomic mass is 32.2. The van der Waals surface area contributed by atoms with Gasteiger partial charge in [-0.15, -0.1) is 0 Å². The van der Waals surface area contributed by atoms with Crippen LogP contribution >= 0.6 is 0 Å². The average molecular weight is 469 g/mol. The number of hydrogen-bond donors (Lipinski definition) is 0. The molecule has 1 fully saturated rings. The Balaban J connectivity index is 1.81. The van der Waals surface area contributed by atoms with Gasteiger partial charge in [0.1, 0.15) is 17.5 Å². The molecular formula is C25H18F3NO3S. The van der Waals surface area contributed by atoms with E-state index in [2.05, 4.69) is 0 Å². The molecule has 0 saturated carbocycles. The number of nitrogens with zero attached hydrogens (tertiary/aromatic N) is 1. The van der Waals surface area contributed by atoms with Gasteiger partial charge in [0.15, 0.2) is 5.78 Å². The minimum atomic E-state index is -4.13.